The Bertz CT molecular complexity index is 190. The van der Waals surface area contributed by atoms with Crippen LogP contribution in [0.5, 0.6) is 0 Å². The summed E-state index contributed by atoms with van der Waals surface area (Å²) >= 11 is 0. The van der Waals surface area contributed by atoms with E-state index in [1.807, 2.05) is 0 Å². The molecule has 0 saturated carbocycles. The predicted molar refractivity (Wildman–Crippen MR) is 88.3 cm³/mol. The second kappa shape index (κ2) is 13.9. The van der Waals surface area contributed by atoms with Crippen molar-refractivity contribution in [3.05, 3.63) is 0 Å². The van der Waals surface area contributed by atoms with Crippen molar-refractivity contribution in [2.45, 2.75) is 84.0 Å². The molecule has 1 aliphatic rings. The Morgan fingerprint density at radius 2 is 1.10 bits per heavy atom. The average Bonchev–Trinajstić information content (AvgIpc) is 2.49. The van der Waals surface area contributed by atoms with Crippen LogP contribution >= 0.6 is 0 Å². The summed E-state index contributed by atoms with van der Waals surface area (Å²) in [6.07, 6.45) is 17.3. The molecule has 0 aromatic rings. The number of nitrogens with zero attached hydrogens (tertiary/aromatic N) is 1. The third kappa shape index (κ3) is 10.7. The minimum absolute atomic E-state index is 0.943. The van der Waals surface area contributed by atoms with Crippen molar-refractivity contribution in [2.75, 3.05) is 32.8 Å². The Hall–Kier alpha value is -0.0800. The van der Waals surface area contributed by atoms with Gasteiger partial charge in [-0.15, -0.1) is 0 Å². The molecule has 120 valence electrons. The molecule has 0 aliphatic carbocycles. The summed E-state index contributed by atoms with van der Waals surface area (Å²) in [6, 6.07) is 0. The fourth-order valence-electron chi connectivity index (χ4n) is 3.00. The monoisotopic (exact) mass is 283 g/mol. The molecule has 20 heavy (non-hydrogen) atoms. The molecule has 2 nitrogen and oxygen atoms in total. The van der Waals surface area contributed by atoms with E-state index in [0.29, 0.717) is 0 Å². The maximum Gasteiger partial charge on any atom is 0.0594 e. The minimum Gasteiger partial charge on any atom is -0.379 e. The fourth-order valence-corrected chi connectivity index (χ4v) is 3.00. The number of unbranched alkanes of at least 4 members (excludes halogenated alkanes) is 11. The molecule has 1 heterocycles. The molecule has 0 radical (unpaired) electrons. The number of ether oxygens (including phenoxy) is 1. The highest BCUT2D eigenvalue weighted by Gasteiger charge is 2.08. The van der Waals surface area contributed by atoms with Crippen LogP contribution in [-0.2, 0) is 4.74 Å². The Morgan fingerprint density at radius 3 is 1.60 bits per heavy atom. The van der Waals surface area contributed by atoms with E-state index in [9.17, 15) is 0 Å². The zero-order chi connectivity index (χ0) is 14.3. The van der Waals surface area contributed by atoms with Gasteiger partial charge in [0.15, 0.2) is 0 Å². The van der Waals surface area contributed by atoms with Crippen molar-refractivity contribution in [3.63, 3.8) is 0 Å². The van der Waals surface area contributed by atoms with Crippen molar-refractivity contribution in [2.24, 2.45) is 0 Å². The highest BCUT2D eigenvalue weighted by atomic mass is 16.5. The van der Waals surface area contributed by atoms with Crippen LogP contribution in [0, 0.1) is 0 Å². The van der Waals surface area contributed by atoms with Crippen molar-refractivity contribution in [3.8, 4) is 0 Å². The molecular formula is C18H37NO. The van der Waals surface area contributed by atoms with Crippen molar-refractivity contribution >= 4 is 0 Å². The molecule has 0 spiro atoms. The van der Waals surface area contributed by atoms with E-state index >= 15 is 0 Å². The molecule has 1 rings (SSSR count). The van der Waals surface area contributed by atoms with Gasteiger partial charge >= 0.3 is 0 Å². The summed E-state index contributed by atoms with van der Waals surface area (Å²) in [4.78, 5) is 2.56. The van der Waals surface area contributed by atoms with Crippen LogP contribution in [0.15, 0.2) is 0 Å². The summed E-state index contributed by atoms with van der Waals surface area (Å²) in [5.41, 5.74) is 0. The molecule has 0 unspecified atom stereocenters. The molecule has 0 bridgehead atoms. The third-order valence-electron chi connectivity index (χ3n) is 4.43. The van der Waals surface area contributed by atoms with E-state index in [4.69, 9.17) is 4.74 Å². The largest absolute Gasteiger partial charge is 0.379 e. The summed E-state index contributed by atoms with van der Waals surface area (Å²) in [5, 5.41) is 0. The van der Waals surface area contributed by atoms with Gasteiger partial charge in [-0.3, -0.25) is 4.90 Å². The van der Waals surface area contributed by atoms with Gasteiger partial charge in [-0.05, 0) is 13.0 Å². The minimum atomic E-state index is 0.943. The van der Waals surface area contributed by atoms with Gasteiger partial charge in [0.1, 0.15) is 0 Å². The first-order chi connectivity index (χ1) is 9.93. The normalized spacial score (nSPS) is 16.6. The predicted octanol–water partition coefficient (Wildman–Crippen LogP) is 5.02. The fraction of sp³-hybridized carbons (Fsp3) is 1.00. The highest BCUT2D eigenvalue weighted by Crippen LogP contribution is 2.12. The summed E-state index contributed by atoms with van der Waals surface area (Å²) < 4.78 is 5.37. The lowest BCUT2D eigenvalue weighted by Gasteiger charge is -2.26. The lowest BCUT2D eigenvalue weighted by Crippen LogP contribution is -2.36. The van der Waals surface area contributed by atoms with E-state index in [-0.39, 0.29) is 0 Å². The third-order valence-corrected chi connectivity index (χ3v) is 4.43. The standard InChI is InChI=1S/C18H37NO/c1-2-3-4-5-6-7-8-9-10-11-12-13-14-19-15-17-20-18-16-19/h2-18H2,1H3. The van der Waals surface area contributed by atoms with Gasteiger partial charge in [0.2, 0.25) is 0 Å². The summed E-state index contributed by atoms with van der Waals surface area (Å²) in [5.74, 6) is 0. The molecule has 1 saturated heterocycles. The van der Waals surface area contributed by atoms with Crippen LogP contribution in [0.2, 0.25) is 0 Å². The molecule has 0 amide bonds. The van der Waals surface area contributed by atoms with Gasteiger partial charge in [-0.25, -0.2) is 0 Å². The molecule has 0 N–H and O–H groups in total. The van der Waals surface area contributed by atoms with Gasteiger partial charge in [0.25, 0.3) is 0 Å². The Kier molecular flexibility index (Phi) is 12.5. The van der Waals surface area contributed by atoms with E-state index in [0.717, 1.165) is 26.3 Å². The molecule has 2 heteroatoms. The van der Waals surface area contributed by atoms with Gasteiger partial charge in [-0.2, -0.15) is 0 Å². The maximum atomic E-state index is 5.37. The number of rotatable bonds is 13. The highest BCUT2D eigenvalue weighted by molar-refractivity contribution is 4.61. The lowest BCUT2D eigenvalue weighted by molar-refractivity contribution is 0.0371. The quantitative estimate of drug-likeness (QED) is 0.440. The Balaban J connectivity index is 1.70. The average molecular weight is 284 g/mol. The maximum absolute atomic E-state index is 5.37. The first-order valence-electron chi connectivity index (χ1n) is 9.23. The number of hydrogen-bond acceptors (Lipinski definition) is 2. The van der Waals surface area contributed by atoms with E-state index in [1.165, 1.54) is 83.6 Å². The molecule has 0 aromatic carbocycles. The molecular weight excluding hydrogens is 246 g/mol. The smallest absolute Gasteiger partial charge is 0.0594 e. The Morgan fingerprint density at radius 1 is 0.650 bits per heavy atom. The van der Waals surface area contributed by atoms with Crippen LogP contribution in [0.3, 0.4) is 0 Å². The van der Waals surface area contributed by atoms with Crippen molar-refractivity contribution in [1.29, 1.82) is 0 Å². The van der Waals surface area contributed by atoms with Gasteiger partial charge in [0, 0.05) is 13.1 Å². The second-order valence-electron chi connectivity index (χ2n) is 6.34. The van der Waals surface area contributed by atoms with Crippen LogP contribution in [0.25, 0.3) is 0 Å². The Labute approximate surface area is 127 Å². The zero-order valence-corrected chi connectivity index (χ0v) is 13.9. The summed E-state index contributed by atoms with van der Waals surface area (Å²) in [6.45, 7) is 7.77. The van der Waals surface area contributed by atoms with Crippen LogP contribution in [0.1, 0.15) is 84.0 Å². The molecule has 0 atom stereocenters. The lowest BCUT2D eigenvalue weighted by atomic mass is 10.1. The van der Waals surface area contributed by atoms with Gasteiger partial charge < -0.3 is 4.74 Å². The first-order valence-corrected chi connectivity index (χ1v) is 9.23. The number of morpholine rings is 1. The first kappa shape index (κ1) is 18.0. The second-order valence-corrected chi connectivity index (χ2v) is 6.34. The van der Waals surface area contributed by atoms with Gasteiger partial charge in [-0.1, -0.05) is 77.6 Å². The van der Waals surface area contributed by atoms with Crippen molar-refractivity contribution in [1.82, 2.24) is 4.90 Å². The van der Waals surface area contributed by atoms with E-state index in [1.54, 1.807) is 0 Å². The summed E-state index contributed by atoms with van der Waals surface area (Å²) in [7, 11) is 0. The molecule has 0 aromatic heterocycles. The van der Waals surface area contributed by atoms with Crippen LogP contribution < -0.4 is 0 Å². The number of hydrogen-bond donors (Lipinski definition) is 0. The SMILES string of the molecule is CCCCCCCCCCCCCCN1CCOCC1. The van der Waals surface area contributed by atoms with Gasteiger partial charge in [0.05, 0.1) is 13.2 Å². The van der Waals surface area contributed by atoms with Crippen molar-refractivity contribution < 1.29 is 4.74 Å². The zero-order valence-electron chi connectivity index (χ0n) is 13.9. The van der Waals surface area contributed by atoms with E-state index in [2.05, 4.69) is 11.8 Å². The van der Waals surface area contributed by atoms with Crippen LogP contribution in [0.4, 0.5) is 0 Å². The topological polar surface area (TPSA) is 12.5 Å². The van der Waals surface area contributed by atoms with E-state index < -0.39 is 0 Å². The molecule has 1 aliphatic heterocycles. The molecule has 1 fully saturated rings. The van der Waals surface area contributed by atoms with Crippen LogP contribution in [-0.4, -0.2) is 37.7 Å².